The lowest BCUT2D eigenvalue weighted by atomic mass is 10.2. The number of rotatable bonds is 3. The maximum Gasteiger partial charge on any atom is 0.145 e. The average molecular weight is 153 g/mol. The molecule has 1 rings (SSSR count). The van der Waals surface area contributed by atoms with Gasteiger partial charge in [0.2, 0.25) is 0 Å². The van der Waals surface area contributed by atoms with Crippen LogP contribution in [0.25, 0.3) is 0 Å². The summed E-state index contributed by atoms with van der Waals surface area (Å²) in [5.74, 6) is 0.605. The molecule has 0 aliphatic carbocycles. The fourth-order valence-electron chi connectivity index (χ4n) is 1.15. The van der Waals surface area contributed by atoms with Crippen LogP contribution in [-0.2, 0) is 0 Å². The fraction of sp³-hybridized carbons (Fsp3) is 0.625. The van der Waals surface area contributed by atoms with Crippen LogP contribution in [0.5, 0.6) is 0 Å². The standard InChI is InChI=1S/C8H15N3/c1-3-4-7(2)11-6-5-8(9)10-11/h5-7H,3-4H2,1-2H3,(H2,9,10)/t7-/m0/s1. The lowest BCUT2D eigenvalue weighted by Crippen LogP contribution is -2.05. The van der Waals surface area contributed by atoms with Gasteiger partial charge in [0.25, 0.3) is 0 Å². The van der Waals surface area contributed by atoms with Crippen molar-refractivity contribution < 1.29 is 0 Å². The van der Waals surface area contributed by atoms with Crippen LogP contribution in [-0.4, -0.2) is 9.78 Å². The number of nitrogens with zero attached hydrogens (tertiary/aromatic N) is 2. The number of nitrogen functional groups attached to an aromatic ring is 1. The summed E-state index contributed by atoms with van der Waals surface area (Å²) in [5, 5.41) is 4.12. The molecule has 62 valence electrons. The van der Waals surface area contributed by atoms with Crippen molar-refractivity contribution in [2.24, 2.45) is 0 Å². The topological polar surface area (TPSA) is 43.8 Å². The normalized spacial score (nSPS) is 13.3. The highest BCUT2D eigenvalue weighted by molar-refractivity contribution is 5.23. The predicted molar refractivity (Wildman–Crippen MR) is 46.3 cm³/mol. The van der Waals surface area contributed by atoms with Gasteiger partial charge in [-0.15, -0.1) is 0 Å². The lowest BCUT2D eigenvalue weighted by Gasteiger charge is -2.09. The van der Waals surface area contributed by atoms with E-state index in [-0.39, 0.29) is 0 Å². The zero-order valence-corrected chi connectivity index (χ0v) is 7.12. The largest absolute Gasteiger partial charge is 0.382 e. The first-order valence-electron chi connectivity index (χ1n) is 4.04. The summed E-state index contributed by atoms with van der Waals surface area (Å²) >= 11 is 0. The predicted octanol–water partition coefficient (Wildman–Crippen LogP) is 1.83. The molecule has 0 spiro atoms. The average Bonchev–Trinajstić information content (AvgIpc) is 2.36. The Morgan fingerprint density at radius 1 is 1.73 bits per heavy atom. The summed E-state index contributed by atoms with van der Waals surface area (Å²) in [6.45, 7) is 4.32. The highest BCUT2D eigenvalue weighted by atomic mass is 15.3. The van der Waals surface area contributed by atoms with E-state index in [2.05, 4.69) is 18.9 Å². The quantitative estimate of drug-likeness (QED) is 0.719. The van der Waals surface area contributed by atoms with E-state index in [4.69, 9.17) is 5.73 Å². The molecular formula is C8H15N3. The first-order chi connectivity index (χ1) is 5.24. The van der Waals surface area contributed by atoms with Gasteiger partial charge in [-0.2, -0.15) is 5.10 Å². The van der Waals surface area contributed by atoms with Gasteiger partial charge in [0.1, 0.15) is 5.82 Å². The lowest BCUT2D eigenvalue weighted by molar-refractivity contribution is 0.456. The fourth-order valence-corrected chi connectivity index (χ4v) is 1.15. The third kappa shape index (κ3) is 1.97. The van der Waals surface area contributed by atoms with E-state index in [1.807, 2.05) is 16.9 Å². The van der Waals surface area contributed by atoms with Crippen molar-refractivity contribution in [3.63, 3.8) is 0 Å². The summed E-state index contributed by atoms with van der Waals surface area (Å²) in [7, 11) is 0. The van der Waals surface area contributed by atoms with Gasteiger partial charge in [0, 0.05) is 12.2 Å². The molecule has 3 nitrogen and oxygen atoms in total. The van der Waals surface area contributed by atoms with Crippen LogP contribution in [0.1, 0.15) is 32.7 Å². The highest BCUT2D eigenvalue weighted by Gasteiger charge is 2.02. The molecule has 1 aromatic rings. The van der Waals surface area contributed by atoms with Crippen molar-refractivity contribution in [2.45, 2.75) is 32.7 Å². The minimum atomic E-state index is 0.470. The van der Waals surface area contributed by atoms with Crippen LogP contribution >= 0.6 is 0 Å². The van der Waals surface area contributed by atoms with E-state index in [0.717, 1.165) is 6.42 Å². The molecule has 0 saturated heterocycles. The van der Waals surface area contributed by atoms with Gasteiger partial charge in [-0.1, -0.05) is 13.3 Å². The summed E-state index contributed by atoms with van der Waals surface area (Å²) < 4.78 is 1.92. The molecule has 0 unspecified atom stereocenters. The Hall–Kier alpha value is -0.990. The molecule has 0 radical (unpaired) electrons. The molecule has 0 aliphatic rings. The molecular weight excluding hydrogens is 138 g/mol. The third-order valence-electron chi connectivity index (χ3n) is 1.79. The zero-order valence-electron chi connectivity index (χ0n) is 7.12. The first-order valence-corrected chi connectivity index (χ1v) is 4.04. The Morgan fingerprint density at radius 2 is 2.45 bits per heavy atom. The van der Waals surface area contributed by atoms with Gasteiger partial charge in [-0.05, 0) is 19.4 Å². The maximum absolute atomic E-state index is 5.48. The number of anilines is 1. The van der Waals surface area contributed by atoms with Crippen molar-refractivity contribution in [1.82, 2.24) is 9.78 Å². The molecule has 0 fully saturated rings. The minimum absolute atomic E-state index is 0.470. The highest BCUT2D eigenvalue weighted by Crippen LogP contribution is 2.12. The van der Waals surface area contributed by atoms with Crippen LogP contribution in [0.2, 0.25) is 0 Å². The Morgan fingerprint density at radius 3 is 2.91 bits per heavy atom. The van der Waals surface area contributed by atoms with Crippen LogP contribution < -0.4 is 5.73 Å². The van der Waals surface area contributed by atoms with E-state index < -0.39 is 0 Å². The second-order valence-electron chi connectivity index (χ2n) is 2.86. The van der Waals surface area contributed by atoms with Crippen molar-refractivity contribution in [3.05, 3.63) is 12.3 Å². The molecule has 0 bridgehead atoms. The molecule has 11 heavy (non-hydrogen) atoms. The van der Waals surface area contributed by atoms with Crippen molar-refractivity contribution in [3.8, 4) is 0 Å². The molecule has 3 heteroatoms. The molecule has 0 saturated carbocycles. The maximum atomic E-state index is 5.48. The second-order valence-corrected chi connectivity index (χ2v) is 2.86. The zero-order chi connectivity index (χ0) is 8.27. The van der Waals surface area contributed by atoms with E-state index in [0.29, 0.717) is 11.9 Å². The second kappa shape index (κ2) is 3.42. The summed E-state index contributed by atoms with van der Waals surface area (Å²) in [5.41, 5.74) is 5.48. The van der Waals surface area contributed by atoms with Crippen molar-refractivity contribution in [2.75, 3.05) is 5.73 Å². The smallest absolute Gasteiger partial charge is 0.145 e. The summed E-state index contributed by atoms with van der Waals surface area (Å²) in [6, 6.07) is 2.30. The van der Waals surface area contributed by atoms with Crippen molar-refractivity contribution in [1.29, 1.82) is 0 Å². The van der Waals surface area contributed by atoms with E-state index in [9.17, 15) is 0 Å². The number of hydrogen-bond donors (Lipinski definition) is 1. The van der Waals surface area contributed by atoms with Gasteiger partial charge in [-0.25, -0.2) is 0 Å². The van der Waals surface area contributed by atoms with Gasteiger partial charge in [-0.3, -0.25) is 4.68 Å². The van der Waals surface area contributed by atoms with E-state index >= 15 is 0 Å². The number of aromatic nitrogens is 2. The summed E-state index contributed by atoms with van der Waals surface area (Å²) in [4.78, 5) is 0. The Balaban J connectivity index is 2.60. The molecule has 0 aliphatic heterocycles. The summed E-state index contributed by atoms with van der Waals surface area (Å²) in [6.07, 6.45) is 4.26. The van der Waals surface area contributed by atoms with Crippen LogP contribution in [0, 0.1) is 0 Å². The van der Waals surface area contributed by atoms with Gasteiger partial charge < -0.3 is 5.73 Å². The molecule has 0 amide bonds. The Bertz CT molecular complexity index is 217. The van der Waals surface area contributed by atoms with Crippen LogP contribution in [0.4, 0.5) is 5.82 Å². The Kier molecular flexibility index (Phi) is 2.52. The van der Waals surface area contributed by atoms with E-state index in [1.54, 1.807) is 0 Å². The third-order valence-corrected chi connectivity index (χ3v) is 1.79. The van der Waals surface area contributed by atoms with Crippen molar-refractivity contribution >= 4 is 5.82 Å². The van der Waals surface area contributed by atoms with Gasteiger partial charge >= 0.3 is 0 Å². The number of nitrogens with two attached hydrogens (primary N) is 1. The Labute approximate surface area is 67.2 Å². The monoisotopic (exact) mass is 153 g/mol. The molecule has 1 atom stereocenters. The molecule has 1 aromatic heterocycles. The first kappa shape index (κ1) is 8.11. The van der Waals surface area contributed by atoms with Gasteiger partial charge in [0.05, 0.1) is 0 Å². The minimum Gasteiger partial charge on any atom is -0.382 e. The molecule has 0 aromatic carbocycles. The van der Waals surface area contributed by atoms with Crippen LogP contribution in [0.15, 0.2) is 12.3 Å². The molecule has 1 heterocycles. The van der Waals surface area contributed by atoms with Crippen LogP contribution in [0.3, 0.4) is 0 Å². The molecule has 2 N–H and O–H groups in total. The van der Waals surface area contributed by atoms with E-state index in [1.165, 1.54) is 6.42 Å². The SMILES string of the molecule is CCC[C@H](C)n1ccc(N)n1. The number of hydrogen-bond acceptors (Lipinski definition) is 2. The van der Waals surface area contributed by atoms with Gasteiger partial charge in [0.15, 0.2) is 0 Å².